The lowest BCUT2D eigenvalue weighted by molar-refractivity contribution is -0.138. The van der Waals surface area contributed by atoms with Crippen molar-refractivity contribution >= 4 is 17.8 Å². The van der Waals surface area contributed by atoms with Gasteiger partial charge in [0.05, 0.1) is 6.54 Å². The summed E-state index contributed by atoms with van der Waals surface area (Å²) in [5.74, 6) is 0.592. The number of nitrogens with one attached hydrogen (secondary N) is 2. The predicted octanol–water partition coefficient (Wildman–Crippen LogP) is 0.228. The van der Waals surface area contributed by atoms with Gasteiger partial charge < -0.3 is 20.6 Å². The van der Waals surface area contributed by atoms with E-state index in [0.717, 1.165) is 0 Å². The van der Waals surface area contributed by atoms with Crippen LogP contribution in [0.1, 0.15) is 27.7 Å². The van der Waals surface area contributed by atoms with E-state index in [1.807, 2.05) is 20.8 Å². The smallest absolute Gasteiger partial charge is 0.331 e. The molecule has 0 unspecified atom stereocenters. The molecule has 0 fully saturated rings. The molecule has 0 aromatic heterocycles. The molecule has 0 aromatic carbocycles. The topological polar surface area (TPSA) is 98.7 Å². The van der Waals surface area contributed by atoms with Crippen LogP contribution in [0, 0.1) is 17.8 Å². The SMILES string of the molecule is C#C[C@@H](/C=C(\C)C(=O)O)N(C)C(=O)[C@@H](NC(=O)CNC)C(C)(C)C. The lowest BCUT2D eigenvalue weighted by Crippen LogP contribution is -2.56. The molecule has 0 spiro atoms. The highest BCUT2D eigenvalue weighted by atomic mass is 16.4. The third kappa shape index (κ3) is 6.42. The lowest BCUT2D eigenvalue weighted by Gasteiger charge is -2.35. The van der Waals surface area contributed by atoms with Gasteiger partial charge in [0.25, 0.3) is 0 Å². The zero-order valence-corrected chi connectivity index (χ0v) is 15.1. The summed E-state index contributed by atoms with van der Waals surface area (Å²) in [6.07, 6.45) is 6.77. The van der Waals surface area contributed by atoms with E-state index >= 15 is 0 Å². The third-order valence-electron chi connectivity index (χ3n) is 3.44. The molecule has 2 amide bonds. The Hall–Kier alpha value is -2.33. The fraction of sp³-hybridized carbons (Fsp3) is 0.588. The van der Waals surface area contributed by atoms with Gasteiger partial charge in [-0.15, -0.1) is 6.42 Å². The summed E-state index contributed by atoms with van der Waals surface area (Å²) in [5.41, 5.74) is -0.497. The fourth-order valence-corrected chi connectivity index (χ4v) is 1.94. The van der Waals surface area contributed by atoms with Crippen molar-refractivity contribution in [2.45, 2.75) is 39.8 Å². The molecule has 0 rings (SSSR count). The maximum atomic E-state index is 12.8. The van der Waals surface area contributed by atoms with Gasteiger partial charge >= 0.3 is 5.97 Å². The lowest BCUT2D eigenvalue weighted by atomic mass is 9.85. The second-order valence-electron chi connectivity index (χ2n) is 6.61. The molecule has 0 heterocycles. The molecule has 0 aliphatic heterocycles. The van der Waals surface area contributed by atoms with Crippen LogP contribution in [0.15, 0.2) is 11.6 Å². The number of hydrogen-bond donors (Lipinski definition) is 3. The second kappa shape index (κ2) is 9.08. The van der Waals surface area contributed by atoms with Gasteiger partial charge in [-0.3, -0.25) is 9.59 Å². The van der Waals surface area contributed by atoms with Gasteiger partial charge in [0, 0.05) is 12.6 Å². The number of aliphatic carboxylic acids is 1. The Kier molecular flexibility index (Phi) is 8.20. The van der Waals surface area contributed by atoms with Gasteiger partial charge in [-0.2, -0.15) is 0 Å². The van der Waals surface area contributed by atoms with Crippen molar-refractivity contribution in [3.05, 3.63) is 11.6 Å². The predicted molar refractivity (Wildman–Crippen MR) is 92.1 cm³/mol. The van der Waals surface area contributed by atoms with Crippen molar-refractivity contribution < 1.29 is 19.5 Å². The first kappa shape index (κ1) is 21.7. The third-order valence-corrected chi connectivity index (χ3v) is 3.44. The van der Waals surface area contributed by atoms with Crippen molar-refractivity contribution in [1.82, 2.24) is 15.5 Å². The summed E-state index contributed by atoms with van der Waals surface area (Å²) in [5, 5.41) is 14.4. The molecule has 0 radical (unpaired) electrons. The summed E-state index contributed by atoms with van der Waals surface area (Å²) in [6.45, 7) is 6.96. The molecule has 134 valence electrons. The van der Waals surface area contributed by atoms with E-state index in [9.17, 15) is 14.4 Å². The minimum absolute atomic E-state index is 0.0455. The van der Waals surface area contributed by atoms with Crippen LogP contribution in [0.4, 0.5) is 0 Å². The molecule has 3 N–H and O–H groups in total. The molecule has 24 heavy (non-hydrogen) atoms. The van der Waals surface area contributed by atoms with Crippen molar-refractivity contribution in [3.8, 4) is 12.3 Å². The summed E-state index contributed by atoms with van der Waals surface area (Å²) in [6, 6.07) is -1.61. The maximum absolute atomic E-state index is 12.8. The molecule has 0 aliphatic carbocycles. The van der Waals surface area contributed by atoms with Gasteiger partial charge in [-0.25, -0.2) is 4.79 Å². The van der Waals surface area contributed by atoms with Crippen LogP contribution >= 0.6 is 0 Å². The van der Waals surface area contributed by atoms with E-state index in [1.165, 1.54) is 24.9 Å². The van der Waals surface area contributed by atoms with E-state index < -0.39 is 23.5 Å². The summed E-state index contributed by atoms with van der Waals surface area (Å²) < 4.78 is 0. The molecule has 7 nitrogen and oxygen atoms in total. The highest BCUT2D eigenvalue weighted by Crippen LogP contribution is 2.22. The molecule has 0 aliphatic rings. The number of nitrogens with zero attached hydrogens (tertiary/aromatic N) is 1. The number of amides is 2. The van der Waals surface area contributed by atoms with Gasteiger partial charge in [0.15, 0.2) is 0 Å². The Morgan fingerprint density at radius 1 is 1.33 bits per heavy atom. The Morgan fingerprint density at radius 2 is 1.88 bits per heavy atom. The first-order valence-corrected chi connectivity index (χ1v) is 7.54. The minimum atomic E-state index is -1.11. The second-order valence-corrected chi connectivity index (χ2v) is 6.61. The Balaban J connectivity index is 5.47. The zero-order valence-electron chi connectivity index (χ0n) is 15.1. The van der Waals surface area contributed by atoms with E-state index in [4.69, 9.17) is 11.5 Å². The Bertz CT molecular complexity index is 555. The summed E-state index contributed by atoms with van der Waals surface area (Å²) >= 11 is 0. The van der Waals surface area contributed by atoms with Crippen LogP contribution in [0.5, 0.6) is 0 Å². The van der Waals surface area contributed by atoms with Crippen molar-refractivity contribution in [2.24, 2.45) is 5.41 Å². The molecular formula is C17H27N3O4. The summed E-state index contributed by atoms with van der Waals surface area (Å²) in [4.78, 5) is 36.9. The van der Waals surface area contributed by atoms with Gasteiger partial charge in [0.2, 0.25) is 11.8 Å². The van der Waals surface area contributed by atoms with Crippen LogP contribution in [0.25, 0.3) is 0 Å². The highest BCUT2D eigenvalue weighted by Gasteiger charge is 2.35. The van der Waals surface area contributed by atoms with Gasteiger partial charge in [0.1, 0.15) is 12.1 Å². The molecule has 2 atom stereocenters. The summed E-state index contributed by atoms with van der Waals surface area (Å²) in [7, 11) is 3.12. The first-order valence-electron chi connectivity index (χ1n) is 7.54. The monoisotopic (exact) mass is 337 g/mol. The van der Waals surface area contributed by atoms with Gasteiger partial charge in [-0.05, 0) is 25.5 Å². The first-order chi connectivity index (χ1) is 10.9. The Labute approximate surface area is 143 Å². The molecule has 0 aromatic rings. The number of carbonyl (C=O) groups is 3. The highest BCUT2D eigenvalue weighted by molar-refractivity contribution is 5.90. The minimum Gasteiger partial charge on any atom is -0.478 e. The van der Waals surface area contributed by atoms with E-state index in [1.54, 1.807) is 7.05 Å². The van der Waals surface area contributed by atoms with Crippen molar-refractivity contribution in [1.29, 1.82) is 0 Å². The fourth-order valence-electron chi connectivity index (χ4n) is 1.94. The number of likely N-dealkylation sites (N-methyl/N-ethyl adjacent to an activating group) is 2. The number of terminal acetylenes is 1. The average Bonchev–Trinajstić information content (AvgIpc) is 2.47. The average molecular weight is 337 g/mol. The molecule has 0 bridgehead atoms. The number of rotatable bonds is 7. The molecular weight excluding hydrogens is 310 g/mol. The standard InChI is InChI=1S/C17H27N3O4/c1-8-12(9-11(2)16(23)24)20(7)15(22)14(17(3,4)5)19-13(21)10-18-6/h1,9,12,14,18H,10H2,2-7H3,(H,19,21)(H,23,24)/b11-9+/t12-,14+/m0/s1. The van der Waals surface area contributed by atoms with E-state index in [-0.39, 0.29) is 23.9 Å². The maximum Gasteiger partial charge on any atom is 0.331 e. The van der Waals surface area contributed by atoms with Crippen LogP contribution in [0.3, 0.4) is 0 Å². The van der Waals surface area contributed by atoms with Crippen LogP contribution in [-0.2, 0) is 14.4 Å². The number of carboxylic acids is 1. The normalized spacial score (nSPS) is 14.3. The number of hydrogen-bond acceptors (Lipinski definition) is 4. The zero-order chi connectivity index (χ0) is 19.1. The van der Waals surface area contributed by atoms with Crippen LogP contribution in [0.2, 0.25) is 0 Å². The van der Waals surface area contributed by atoms with E-state index in [2.05, 4.69) is 16.6 Å². The number of carbonyl (C=O) groups excluding carboxylic acids is 2. The van der Waals surface area contributed by atoms with E-state index in [0.29, 0.717) is 0 Å². The van der Waals surface area contributed by atoms with Crippen molar-refractivity contribution in [2.75, 3.05) is 20.6 Å². The van der Waals surface area contributed by atoms with Crippen LogP contribution < -0.4 is 10.6 Å². The quantitative estimate of drug-likeness (QED) is 0.456. The largest absolute Gasteiger partial charge is 0.478 e. The number of carboxylic acid groups (broad SMARTS) is 1. The Morgan fingerprint density at radius 3 is 2.25 bits per heavy atom. The molecule has 0 saturated carbocycles. The van der Waals surface area contributed by atoms with Crippen LogP contribution in [-0.4, -0.2) is 60.5 Å². The molecule has 7 heteroatoms. The van der Waals surface area contributed by atoms with Crippen molar-refractivity contribution in [3.63, 3.8) is 0 Å². The molecule has 0 saturated heterocycles. The van der Waals surface area contributed by atoms with Gasteiger partial charge in [-0.1, -0.05) is 26.7 Å².